The molecule has 1 heterocycles. The maximum Gasteiger partial charge on any atom is 0.330 e. The highest BCUT2D eigenvalue weighted by molar-refractivity contribution is 6.00. The first kappa shape index (κ1) is 8.74. The average molecular weight is 191 g/mol. The number of carbonyl (C=O) groups excluding carboxylic acids is 2. The zero-order valence-electron chi connectivity index (χ0n) is 7.69. The fourth-order valence-corrected chi connectivity index (χ4v) is 1.46. The van der Waals surface area contributed by atoms with Gasteiger partial charge in [0.2, 0.25) is 0 Å². The summed E-state index contributed by atoms with van der Waals surface area (Å²) in [5, 5.41) is 1.05. The SMILES string of the molecule is CC(=O)ON1C(=O)Cc2ccccc21. The first-order valence-corrected chi connectivity index (χ1v) is 4.28. The van der Waals surface area contributed by atoms with Crippen LogP contribution in [0.15, 0.2) is 24.3 Å². The molecule has 0 saturated carbocycles. The van der Waals surface area contributed by atoms with Crippen LogP contribution in [0.25, 0.3) is 0 Å². The Labute approximate surface area is 81.0 Å². The van der Waals surface area contributed by atoms with E-state index in [0.717, 1.165) is 10.6 Å². The molecule has 1 amide bonds. The fourth-order valence-electron chi connectivity index (χ4n) is 1.46. The molecule has 4 heteroatoms. The second-order valence-corrected chi connectivity index (χ2v) is 3.08. The minimum Gasteiger partial charge on any atom is -0.333 e. The Hall–Kier alpha value is -1.84. The average Bonchev–Trinajstić information content (AvgIpc) is 2.43. The lowest BCUT2D eigenvalue weighted by Crippen LogP contribution is -2.28. The summed E-state index contributed by atoms with van der Waals surface area (Å²) in [6, 6.07) is 7.25. The molecule has 1 aliphatic rings. The molecule has 14 heavy (non-hydrogen) atoms. The number of rotatable bonds is 1. The summed E-state index contributed by atoms with van der Waals surface area (Å²) >= 11 is 0. The minimum atomic E-state index is -0.491. The summed E-state index contributed by atoms with van der Waals surface area (Å²) in [6.45, 7) is 1.27. The molecular formula is C10H9NO3. The maximum absolute atomic E-state index is 11.4. The van der Waals surface area contributed by atoms with Crippen molar-refractivity contribution < 1.29 is 14.4 Å². The third-order valence-corrected chi connectivity index (χ3v) is 2.00. The van der Waals surface area contributed by atoms with Crippen LogP contribution < -0.4 is 5.06 Å². The van der Waals surface area contributed by atoms with Crippen LogP contribution in [0.1, 0.15) is 12.5 Å². The van der Waals surface area contributed by atoms with E-state index in [2.05, 4.69) is 0 Å². The van der Waals surface area contributed by atoms with Gasteiger partial charge in [-0.05, 0) is 11.6 Å². The van der Waals surface area contributed by atoms with Gasteiger partial charge in [-0.25, -0.2) is 4.79 Å². The Morgan fingerprint density at radius 1 is 1.43 bits per heavy atom. The van der Waals surface area contributed by atoms with Crippen molar-refractivity contribution in [2.75, 3.05) is 5.06 Å². The molecule has 0 fully saturated rings. The van der Waals surface area contributed by atoms with E-state index in [1.165, 1.54) is 6.92 Å². The summed E-state index contributed by atoms with van der Waals surface area (Å²) < 4.78 is 0. The van der Waals surface area contributed by atoms with E-state index in [0.29, 0.717) is 12.1 Å². The van der Waals surface area contributed by atoms with E-state index < -0.39 is 5.97 Å². The molecule has 0 atom stereocenters. The van der Waals surface area contributed by atoms with Crippen LogP contribution in [0.4, 0.5) is 5.69 Å². The van der Waals surface area contributed by atoms with Gasteiger partial charge in [-0.15, -0.1) is 5.06 Å². The molecule has 0 N–H and O–H groups in total. The summed E-state index contributed by atoms with van der Waals surface area (Å²) in [4.78, 5) is 26.9. The smallest absolute Gasteiger partial charge is 0.330 e. The third kappa shape index (κ3) is 1.35. The number of benzene rings is 1. The van der Waals surface area contributed by atoms with Gasteiger partial charge >= 0.3 is 5.97 Å². The van der Waals surface area contributed by atoms with Crippen molar-refractivity contribution >= 4 is 17.6 Å². The van der Waals surface area contributed by atoms with Gasteiger partial charge in [0.05, 0.1) is 12.1 Å². The molecule has 0 aromatic heterocycles. The number of hydrogen-bond donors (Lipinski definition) is 0. The topological polar surface area (TPSA) is 46.6 Å². The maximum atomic E-state index is 11.4. The summed E-state index contributed by atoms with van der Waals surface area (Å²) in [5.41, 5.74) is 1.55. The predicted molar refractivity (Wildman–Crippen MR) is 49.4 cm³/mol. The first-order chi connectivity index (χ1) is 6.68. The van der Waals surface area contributed by atoms with Gasteiger partial charge in [-0.3, -0.25) is 4.79 Å². The van der Waals surface area contributed by atoms with Gasteiger partial charge in [0.25, 0.3) is 5.91 Å². The minimum absolute atomic E-state index is 0.207. The number of para-hydroxylation sites is 1. The van der Waals surface area contributed by atoms with E-state index in [9.17, 15) is 9.59 Å². The van der Waals surface area contributed by atoms with Crippen LogP contribution in [0.5, 0.6) is 0 Å². The second-order valence-electron chi connectivity index (χ2n) is 3.08. The van der Waals surface area contributed by atoms with Crippen molar-refractivity contribution in [3.63, 3.8) is 0 Å². The highest BCUT2D eigenvalue weighted by Crippen LogP contribution is 2.28. The first-order valence-electron chi connectivity index (χ1n) is 4.28. The Morgan fingerprint density at radius 2 is 2.14 bits per heavy atom. The molecule has 2 rings (SSSR count). The predicted octanol–water partition coefficient (Wildman–Crippen LogP) is 1.05. The Balaban J connectivity index is 2.34. The van der Waals surface area contributed by atoms with Gasteiger partial charge in [-0.2, -0.15) is 0 Å². The van der Waals surface area contributed by atoms with Crippen LogP contribution in [-0.4, -0.2) is 11.9 Å². The van der Waals surface area contributed by atoms with Gasteiger partial charge in [0, 0.05) is 6.92 Å². The van der Waals surface area contributed by atoms with Crippen molar-refractivity contribution in [3.8, 4) is 0 Å². The quantitative estimate of drug-likeness (QED) is 0.666. The van der Waals surface area contributed by atoms with Crippen molar-refractivity contribution in [1.29, 1.82) is 0 Å². The fraction of sp³-hybridized carbons (Fsp3) is 0.200. The molecule has 0 saturated heterocycles. The van der Waals surface area contributed by atoms with Gasteiger partial charge < -0.3 is 4.84 Å². The molecule has 0 aliphatic carbocycles. The molecule has 0 radical (unpaired) electrons. The highest BCUT2D eigenvalue weighted by atomic mass is 16.7. The molecule has 0 bridgehead atoms. The van der Waals surface area contributed by atoms with E-state index in [1.807, 2.05) is 12.1 Å². The lowest BCUT2D eigenvalue weighted by atomic mass is 10.2. The number of anilines is 1. The van der Waals surface area contributed by atoms with Crippen molar-refractivity contribution in [1.82, 2.24) is 0 Å². The molecule has 0 spiro atoms. The number of amides is 1. The Morgan fingerprint density at radius 3 is 2.86 bits per heavy atom. The number of hydrogen-bond acceptors (Lipinski definition) is 3. The van der Waals surface area contributed by atoms with Gasteiger partial charge in [0.15, 0.2) is 0 Å². The van der Waals surface area contributed by atoms with Crippen LogP contribution in [0.3, 0.4) is 0 Å². The Kier molecular flexibility index (Phi) is 1.96. The lowest BCUT2D eigenvalue weighted by Gasteiger charge is -2.14. The van der Waals surface area contributed by atoms with Crippen molar-refractivity contribution in [2.45, 2.75) is 13.3 Å². The highest BCUT2D eigenvalue weighted by Gasteiger charge is 2.29. The second kappa shape index (κ2) is 3.14. The molecule has 1 aliphatic heterocycles. The van der Waals surface area contributed by atoms with Gasteiger partial charge in [-0.1, -0.05) is 18.2 Å². The Bertz CT molecular complexity index is 400. The molecule has 1 aromatic carbocycles. The van der Waals surface area contributed by atoms with Crippen molar-refractivity contribution in [3.05, 3.63) is 29.8 Å². The van der Waals surface area contributed by atoms with E-state index in [-0.39, 0.29) is 5.91 Å². The van der Waals surface area contributed by atoms with E-state index >= 15 is 0 Å². The standard InChI is InChI=1S/C10H9NO3/c1-7(12)14-11-9-5-3-2-4-8(9)6-10(11)13/h2-5H,6H2,1H3. The summed E-state index contributed by atoms with van der Waals surface area (Å²) in [5.74, 6) is -0.698. The number of fused-ring (bicyclic) bond motifs is 1. The summed E-state index contributed by atoms with van der Waals surface area (Å²) in [7, 11) is 0. The zero-order valence-corrected chi connectivity index (χ0v) is 7.69. The monoisotopic (exact) mass is 191 g/mol. The van der Waals surface area contributed by atoms with Crippen LogP contribution in [0.2, 0.25) is 0 Å². The molecular weight excluding hydrogens is 182 g/mol. The van der Waals surface area contributed by atoms with Crippen LogP contribution in [0, 0.1) is 0 Å². The third-order valence-electron chi connectivity index (χ3n) is 2.00. The van der Waals surface area contributed by atoms with E-state index in [4.69, 9.17) is 4.84 Å². The summed E-state index contributed by atoms with van der Waals surface area (Å²) in [6.07, 6.45) is 0.295. The molecule has 0 unspecified atom stereocenters. The van der Waals surface area contributed by atoms with Crippen LogP contribution >= 0.6 is 0 Å². The number of hydroxylamine groups is 1. The zero-order chi connectivity index (χ0) is 10.1. The molecule has 4 nitrogen and oxygen atoms in total. The number of nitrogens with zero attached hydrogens (tertiary/aromatic N) is 1. The van der Waals surface area contributed by atoms with Crippen LogP contribution in [-0.2, 0) is 20.8 Å². The largest absolute Gasteiger partial charge is 0.333 e. The van der Waals surface area contributed by atoms with E-state index in [1.54, 1.807) is 12.1 Å². The normalized spacial score (nSPS) is 14.1. The number of carbonyl (C=O) groups is 2. The van der Waals surface area contributed by atoms with Crippen molar-refractivity contribution in [2.24, 2.45) is 0 Å². The molecule has 72 valence electrons. The lowest BCUT2D eigenvalue weighted by molar-refractivity contribution is -0.147. The molecule has 1 aromatic rings. The van der Waals surface area contributed by atoms with Gasteiger partial charge in [0.1, 0.15) is 0 Å².